The van der Waals surface area contributed by atoms with Crippen LogP contribution in [0.5, 0.6) is 0 Å². The summed E-state index contributed by atoms with van der Waals surface area (Å²) in [5.74, 6) is 0.825. The van der Waals surface area contributed by atoms with Crippen LogP contribution in [0.3, 0.4) is 0 Å². The van der Waals surface area contributed by atoms with Gasteiger partial charge in [0.1, 0.15) is 5.82 Å². The van der Waals surface area contributed by atoms with Crippen molar-refractivity contribution in [3.8, 4) is 0 Å². The summed E-state index contributed by atoms with van der Waals surface area (Å²) in [4.78, 5) is 30.0. The summed E-state index contributed by atoms with van der Waals surface area (Å²) in [6, 6.07) is -0.0628. The Labute approximate surface area is 122 Å². The Balaban J connectivity index is 2.41. The molecular formula is C14H21N5O2. The number of hydrogen-bond donors (Lipinski definition) is 1. The van der Waals surface area contributed by atoms with E-state index in [-0.39, 0.29) is 17.3 Å². The van der Waals surface area contributed by atoms with E-state index in [4.69, 9.17) is 0 Å². The quantitative estimate of drug-likeness (QED) is 0.865. The van der Waals surface area contributed by atoms with E-state index >= 15 is 0 Å². The first-order chi connectivity index (χ1) is 10.1. The summed E-state index contributed by atoms with van der Waals surface area (Å²) in [5.41, 5.74) is 0.571. The van der Waals surface area contributed by atoms with Gasteiger partial charge >= 0.3 is 5.69 Å². The van der Waals surface area contributed by atoms with Gasteiger partial charge in [-0.3, -0.25) is 13.9 Å². The second-order valence-corrected chi connectivity index (χ2v) is 5.46. The molecule has 7 nitrogen and oxygen atoms in total. The lowest BCUT2D eigenvalue weighted by molar-refractivity contribution is 0.483. The molecule has 0 radical (unpaired) electrons. The van der Waals surface area contributed by atoms with Gasteiger partial charge in [-0.05, 0) is 19.9 Å². The summed E-state index contributed by atoms with van der Waals surface area (Å²) in [6.45, 7) is 5.92. The molecule has 0 amide bonds. The molecular weight excluding hydrogens is 270 g/mol. The summed E-state index contributed by atoms with van der Waals surface area (Å²) in [7, 11) is 1.84. The van der Waals surface area contributed by atoms with Gasteiger partial charge in [-0.15, -0.1) is 0 Å². The number of aromatic nitrogens is 4. The van der Waals surface area contributed by atoms with Gasteiger partial charge < -0.3 is 9.88 Å². The van der Waals surface area contributed by atoms with Crippen molar-refractivity contribution in [2.45, 2.75) is 39.3 Å². The van der Waals surface area contributed by atoms with Crippen LogP contribution in [-0.4, -0.2) is 31.8 Å². The van der Waals surface area contributed by atoms with E-state index < -0.39 is 0 Å². The van der Waals surface area contributed by atoms with E-state index in [0.717, 1.165) is 25.2 Å². The Morgan fingerprint density at radius 1 is 1.33 bits per heavy atom. The molecule has 3 heterocycles. The van der Waals surface area contributed by atoms with Crippen molar-refractivity contribution in [1.29, 1.82) is 0 Å². The van der Waals surface area contributed by atoms with Gasteiger partial charge in [-0.25, -0.2) is 9.78 Å². The zero-order valence-electron chi connectivity index (χ0n) is 12.7. The number of fused-ring (bicyclic) bond motifs is 1. The van der Waals surface area contributed by atoms with Gasteiger partial charge in [0.15, 0.2) is 11.2 Å². The van der Waals surface area contributed by atoms with Gasteiger partial charge in [0.25, 0.3) is 5.56 Å². The molecule has 3 rings (SSSR count). The lowest BCUT2D eigenvalue weighted by atomic mass is 10.2. The molecule has 21 heavy (non-hydrogen) atoms. The minimum atomic E-state index is -0.246. The van der Waals surface area contributed by atoms with Crippen molar-refractivity contribution in [3.05, 3.63) is 26.7 Å². The van der Waals surface area contributed by atoms with Crippen LogP contribution < -0.4 is 16.6 Å². The van der Waals surface area contributed by atoms with Crippen molar-refractivity contribution in [2.24, 2.45) is 7.05 Å². The van der Waals surface area contributed by atoms with Crippen LogP contribution in [0, 0.1) is 0 Å². The molecule has 0 aromatic carbocycles. The Morgan fingerprint density at radius 2 is 2.10 bits per heavy atom. The first-order valence-corrected chi connectivity index (χ1v) is 7.51. The fourth-order valence-electron chi connectivity index (χ4n) is 3.16. The maximum atomic E-state index is 12.8. The summed E-state index contributed by atoms with van der Waals surface area (Å²) < 4.78 is 4.84. The molecule has 1 fully saturated rings. The summed E-state index contributed by atoms with van der Waals surface area (Å²) in [6.07, 6.45) is 1.54. The highest BCUT2D eigenvalue weighted by Gasteiger charge is 2.25. The van der Waals surface area contributed by atoms with Crippen molar-refractivity contribution in [2.75, 3.05) is 13.1 Å². The van der Waals surface area contributed by atoms with E-state index in [0.29, 0.717) is 24.3 Å². The zero-order valence-corrected chi connectivity index (χ0v) is 12.7. The third-order valence-corrected chi connectivity index (χ3v) is 4.32. The van der Waals surface area contributed by atoms with Crippen molar-refractivity contribution in [1.82, 2.24) is 24.0 Å². The Morgan fingerprint density at radius 3 is 2.67 bits per heavy atom. The monoisotopic (exact) mass is 291 g/mol. The fourth-order valence-corrected chi connectivity index (χ4v) is 3.16. The van der Waals surface area contributed by atoms with Gasteiger partial charge in [-0.2, -0.15) is 0 Å². The van der Waals surface area contributed by atoms with Crippen molar-refractivity contribution < 1.29 is 0 Å². The molecule has 1 saturated heterocycles. The van der Waals surface area contributed by atoms with Crippen LogP contribution >= 0.6 is 0 Å². The summed E-state index contributed by atoms with van der Waals surface area (Å²) >= 11 is 0. The predicted molar refractivity (Wildman–Crippen MR) is 80.8 cm³/mol. The molecule has 1 aliphatic rings. The molecule has 7 heteroatoms. The van der Waals surface area contributed by atoms with Gasteiger partial charge in [0.05, 0.1) is 6.04 Å². The average Bonchev–Trinajstić information content (AvgIpc) is 3.08. The topological polar surface area (TPSA) is 73.8 Å². The third kappa shape index (κ3) is 1.95. The minimum Gasteiger partial charge on any atom is -0.325 e. The number of nitrogens with one attached hydrogen (secondary N) is 1. The molecule has 0 spiro atoms. The number of hydrogen-bond acceptors (Lipinski definition) is 4. The zero-order chi connectivity index (χ0) is 15.1. The molecule has 0 saturated carbocycles. The Bertz CT molecular complexity index is 792. The Hall–Kier alpha value is -1.89. The maximum Gasteiger partial charge on any atom is 0.333 e. The van der Waals surface area contributed by atoms with Crippen LogP contribution in [-0.2, 0) is 20.0 Å². The molecule has 1 N–H and O–H groups in total. The molecule has 114 valence electrons. The highest BCUT2D eigenvalue weighted by Crippen LogP contribution is 2.14. The molecule has 0 aliphatic carbocycles. The minimum absolute atomic E-state index is 0.0628. The first kappa shape index (κ1) is 14.1. The van der Waals surface area contributed by atoms with Crippen LogP contribution in [0.15, 0.2) is 9.59 Å². The number of imidazole rings is 1. The maximum absolute atomic E-state index is 12.8. The van der Waals surface area contributed by atoms with Crippen LogP contribution in [0.1, 0.15) is 32.1 Å². The fraction of sp³-hybridized carbons (Fsp3) is 0.643. The number of nitrogens with zero attached hydrogens (tertiary/aromatic N) is 4. The highest BCUT2D eigenvalue weighted by atomic mass is 16.2. The normalized spacial score (nSPS) is 18.7. The number of rotatable bonds is 3. The number of aryl methyl sites for hydroxylation is 3. The van der Waals surface area contributed by atoms with E-state index in [2.05, 4.69) is 10.3 Å². The lowest BCUT2D eigenvalue weighted by Gasteiger charge is -2.14. The van der Waals surface area contributed by atoms with Crippen LogP contribution in [0.4, 0.5) is 0 Å². The van der Waals surface area contributed by atoms with Crippen molar-refractivity contribution >= 4 is 11.2 Å². The SMILES string of the molecule is CCc1nc2c(c(=O)n(C3CCNC3)c(=O)n2CC)n1C. The second kappa shape index (κ2) is 5.14. The third-order valence-electron chi connectivity index (χ3n) is 4.32. The van der Waals surface area contributed by atoms with Gasteiger partial charge in [-0.1, -0.05) is 6.92 Å². The van der Waals surface area contributed by atoms with Gasteiger partial charge in [0.2, 0.25) is 0 Å². The Kier molecular flexibility index (Phi) is 3.44. The molecule has 1 atom stereocenters. The molecule has 2 aromatic rings. The standard InChI is InChI=1S/C14H21N5O2/c1-4-10-16-12-11(17(10)3)13(20)19(9-6-7-15-8-9)14(21)18(12)5-2/h9,15H,4-8H2,1-3H3. The molecule has 1 unspecified atom stereocenters. The second-order valence-electron chi connectivity index (χ2n) is 5.46. The molecule has 1 aliphatic heterocycles. The van der Waals surface area contributed by atoms with E-state index in [1.54, 1.807) is 4.57 Å². The van der Waals surface area contributed by atoms with E-state index in [1.807, 2.05) is 25.5 Å². The predicted octanol–water partition coefficient (Wildman–Crippen LogP) is 0.0134. The van der Waals surface area contributed by atoms with Crippen LogP contribution in [0.2, 0.25) is 0 Å². The smallest absolute Gasteiger partial charge is 0.325 e. The summed E-state index contributed by atoms with van der Waals surface area (Å²) in [5, 5.41) is 3.21. The van der Waals surface area contributed by atoms with Crippen LogP contribution in [0.25, 0.3) is 11.2 Å². The highest BCUT2D eigenvalue weighted by molar-refractivity contribution is 5.71. The van der Waals surface area contributed by atoms with Crippen molar-refractivity contribution in [3.63, 3.8) is 0 Å². The first-order valence-electron chi connectivity index (χ1n) is 7.51. The largest absolute Gasteiger partial charge is 0.333 e. The van der Waals surface area contributed by atoms with Gasteiger partial charge in [0, 0.05) is 26.6 Å². The van der Waals surface area contributed by atoms with E-state index in [1.165, 1.54) is 4.57 Å². The molecule has 0 bridgehead atoms. The van der Waals surface area contributed by atoms with E-state index in [9.17, 15) is 9.59 Å². The average molecular weight is 291 g/mol. The lowest BCUT2D eigenvalue weighted by Crippen LogP contribution is -2.43. The molecule has 2 aromatic heterocycles.